The van der Waals surface area contributed by atoms with Crippen molar-refractivity contribution in [1.82, 2.24) is 0 Å². The third kappa shape index (κ3) is 4.17. The molecule has 10 rings (SSSR count). The summed E-state index contributed by atoms with van der Waals surface area (Å²) in [6.07, 6.45) is 0. The summed E-state index contributed by atoms with van der Waals surface area (Å²) in [5.41, 5.74) is 19.3. The van der Waals surface area contributed by atoms with E-state index in [0.717, 1.165) is 27.6 Å². The van der Waals surface area contributed by atoms with Gasteiger partial charge in [-0.05, 0) is 109 Å². The molecule has 4 heteroatoms. The van der Waals surface area contributed by atoms with Crippen LogP contribution in [0.25, 0.3) is 33.1 Å². The molecule has 7 aromatic carbocycles. The highest BCUT2D eigenvalue weighted by Crippen LogP contribution is 2.45. The van der Waals surface area contributed by atoms with Gasteiger partial charge in [0, 0.05) is 44.9 Å². The van der Waals surface area contributed by atoms with Gasteiger partial charge in [-0.2, -0.15) is 0 Å². The largest absolute Gasteiger partial charge is 0.456 e. The molecule has 0 saturated heterocycles. The van der Waals surface area contributed by atoms with Crippen molar-refractivity contribution in [2.24, 2.45) is 0 Å². The fourth-order valence-corrected chi connectivity index (χ4v) is 8.24. The normalized spacial score (nSPS) is 13.1. The minimum absolute atomic E-state index is 0.125. The molecular weight excluding hydrogens is 595 g/mol. The number of para-hydroxylation sites is 1. The SMILES string of the molecule is Cc1ccc(N2c3ccc(C)cc3B3c4cc(C)ccc4N(c4ccc(-c5cccc6oc7ccccc7c56)cc4)c4cccc2c43)cc1. The molecule has 232 valence electrons. The second-order valence-corrected chi connectivity index (χ2v) is 13.6. The Balaban J connectivity index is 1.18. The van der Waals surface area contributed by atoms with Crippen LogP contribution < -0.4 is 26.2 Å². The Bertz CT molecular complexity index is 2600. The number of benzene rings is 7. The Labute approximate surface area is 286 Å². The Kier molecular flexibility index (Phi) is 6.01. The quantitative estimate of drug-likeness (QED) is 0.182. The molecule has 0 spiro atoms. The van der Waals surface area contributed by atoms with Crippen molar-refractivity contribution in [2.75, 3.05) is 9.80 Å². The van der Waals surface area contributed by atoms with E-state index in [4.69, 9.17) is 4.42 Å². The smallest absolute Gasteiger partial charge is 0.252 e. The molecule has 0 amide bonds. The van der Waals surface area contributed by atoms with Crippen molar-refractivity contribution in [3.63, 3.8) is 0 Å². The molecule has 49 heavy (non-hydrogen) atoms. The summed E-state index contributed by atoms with van der Waals surface area (Å²) in [4.78, 5) is 4.93. The predicted octanol–water partition coefficient (Wildman–Crippen LogP) is 10.3. The van der Waals surface area contributed by atoms with E-state index in [9.17, 15) is 0 Å². The maximum absolute atomic E-state index is 6.23. The number of furan rings is 1. The number of hydrogen-bond donors (Lipinski definition) is 0. The first-order valence-corrected chi connectivity index (χ1v) is 17.1. The summed E-state index contributed by atoms with van der Waals surface area (Å²) in [6, 6.07) is 53.4. The maximum Gasteiger partial charge on any atom is 0.252 e. The van der Waals surface area contributed by atoms with Gasteiger partial charge in [0.2, 0.25) is 0 Å². The zero-order valence-electron chi connectivity index (χ0n) is 27.7. The van der Waals surface area contributed by atoms with Gasteiger partial charge < -0.3 is 14.2 Å². The Hall–Kier alpha value is -6.00. The lowest BCUT2D eigenvalue weighted by Gasteiger charge is -2.44. The zero-order chi connectivity index (χ0) is 32.8. The minimum Gasteiger partial charge on any atom is -0.456 e. The van der Waals surface area contributed by atoms with E-state index in [1.807, 2.05) is 12.1 Å². The molecule has 2 aliphatic heterocycles. The number of anilines is 6. The number of rotatable bonds is 3. The van der Waals surface area contributed by atoms with Crippen molar-refractivity contribution in [1.29, 1.82) is 0 Å². The first-order valence-electron chi connectivity index (χ1n) is 17.1. The van der Waals surface area contributed by atoms with Gasteiger partial charge >= 0.3 is 0 Å². The van der Waals surface area contributed by atoms with Gasteiger partial charge in [-0.3, -0.25) is 0 Å². The number of aryl methyl sites for hydroxylation is 3. The van der Waals surface area contributed by atoms with E-state index in [1.165, 1.54) is 72.6 Å². The van der Waals surface area contributed by atoms with Crippen molar-refractivity contribution in [2.45, 2.75) is 20.8 Å². The van der Waals surface area contributed by atoms with E-state index in [2.05, 4.69) is 164 Å². The van der Waals surface area contributed by atoms with Crippen LogP contribution in [0.15, 0.2) is 150 Å². The van der Waals surface area contributed by atoms with Crippen LogP contribution in [0, 0.1) is 20.8 Å². The van der Waals surface area contributed by atoms with Crippen LogP contribution in [0.5, 0.6) is 0 Å². The molecule has 0 radical (unpaired) electrons. The van der Waals surface area contributed by atoms with Gasteiger partial charge in [-0.1, -0.05) is 102 Å². The van der Waals surface area contributed by atoms with E-state index in [0.29, 0.717) is 0 Å². The average Bonchev–Trinajstić information content (AvgIpc) is 3.51. The van der Waals surface area contributed by atoms with Crippen LogP contribution in [0.4, 0.5) is 34.1 Å². The van der Waals surface area contributed by atoms with Crippen LogP contribution in [0.1, 0.15) is 16.7 Å². The molecule has 0 aliphatic carbocycles. The standard InChI is InChI=1S/C45H33BN2O/c1-28-14-20-32(21-15-28)47-38-24-16-29(2)26-36(38)46-37-27-30(3)17-25-39(37)48(41-11-7-10-40(47)45(41)46)33-22-18-31(19-23-33)34-9-6-13-43-44(34)35-8-4-5-12-42(35)49-43/h4-27H,1-3H3. The van der Waals surface area contributed by atoms with E-state index >= 15 is 0 Å². The van der Waals surface area contributed by atoms with Crippen LogP contribution in [-0.4, -0.2) is 6.71 Å². The first-order chi connectivity index (χ1) is 24.0. The second kappa shape index (κ2) is 10.5. The third-order valence-electron chi connectivity index (χ3n) is 10.4. The first kappa shape index (κ1) is 28.1. The Morgan fingerprint density at radius 2 is 1.02 bits per heavy atom. The van der Waals surface area contributed by atoms with Crippen molar-refractivity contribution < 1.29 is 4.42 Å². The Morgan fingerprint density at radius 1 is 0.469 bits per heavy atom. The highest BCUT2D eigenvalue weighted by molar-refractivity contribution is 7.00. The van der Waals surface area contributed by atoms with Gasteiger partial charge in [-0.25, -0.2) is 0 Å². The molecule has 3 nitrogen and oxygen atoms in total. The van der Waals surface area contributed by atoms with Crippen molar-refractivity contribution in [3.8, 4) is 11.1 Å². The molecule has 3 heterocycles. The fourth-order valence-electron chi connectivity index (χ4n) is 8.24. The molecule has 0 unspecified atom stereocenters. The summed E-state index contributed by atoms with van der Waals surface area (Å²) in [5, 5.41) is 2.31. The van der Waals surface area contributed by atoms with Crippen LogP contribution in [0.3, 0.4) is 0 Å². The third-order valence-corrected chi connectivity index (χ3v) is 10.4. The molecule has 0 saturated carbocycles. The van der Waals surface area contributed by atoms with E-state index < -0.39 is 0 Å². The highest BCUT2D eigenvalue weighted by Gasteiger charge is 2.43. The molecule has 0 bridgehead atoms. The lowest BCUT2D eigenvalue weighted by atomic mass is 9.33. The summed E-state index contributed by atoms with van der Waals surface area (Å²) in [5.74, 6) is 0. The van der Waals surface area contributed by atoms with Crippen molar-refractivity contribution in [3.05, 3.63) is 162 Å². The van der Waals surface area contributed by atoms with Gasteiger partial charge in [0.15, 0.2) is 0 Å². The summed E-state index contributed by atoms with van der Waals surface area (Å²) < 4.78 is 6.23. The van der Waals surface area contributed by atoms with Crippen LogP contribution >= 0.6 is 0 Å². The average molecular weight is 629 g/mol. The lowest BCUT2D eigenvalue weighted by molar-refractivity contribution is 0.669. The van der Waals surface area contributed by atoms with Crippen LogP contribution in [-0.2, 0) is 0 Å². The van der Waals surface area contributed by atoms with Gasteiger partial charge in [0.05, 0.1) is 0 Å². The number of fused-ring (bicyclic) bond motifs is 7. The molecule has 0 N–H and O–H groups in total. The predicted molar refractivity (Wildman–Crippen MR) is 207 cm³/mol. The van der Waals surface area contributed by atoms with Crippen LogP contribution in [0.2, 0.25) is 0 Å². The summed E-state index contributed by atoms with van der Waals surface area (Å²) >= 11 is 0. The molecule has 1 aromatic heterocycles. The highest BCUT2D eigenvalue weighted by atomic mass is 16.3. The number of nitrogens with zero attached hydrogens (tertiary/aromatic N) is 2. The van der Waals surface area contributed by atoms with E-state index in [-0.39, 0.29) is 6.71 Å². The maximum atomic E-state index is 6.23. The Morgan fingerprint density at radius 3 is 1.67 bits per heavy atom. The summed E-state index contributed by atoms with van der Waals surface area (Å²) in [6.45, 7) is 6.69. The molecular formula is C45H33BN2O. The number of hydrogen-bond acceptors (Lipinski definition) is 3. The van der Waals surface area contributed by atoms with E-state index in [1.54, 1.807) is 0 Å². The molecule has 8 aromatic rings. The molecule has 0 fully saturated rings. The van der Waals surface area contributed by atoms with Gasteiger partial charge in [-0.15, -0.1) is 0 Å². The monoisotopic (exact) mass is 628 g/mol. The minimum atomic E-state index is 0.125. The fraction of sp³-hybridized carbons (Fsp3) is 0.0667. The zero-order valence-corrected chi connectivity index (χ0v) is 27.7. The second-order valence-electron chi connectivity index (χ2n) is 13.6. The molecule has 0 atom stereocenters. The van der Waals surface area contributed by atoms with Gasteiger partial charge in [0.1, 0.15) is 11.2 Å². The summed E-state index contributed by atoms with van der Waals surface area (Å²) in [7, 11) is 0. The van der Waals surface area contributed by atoms with Crippen molar-refractivity contribution >= 4 is 79.2 Å². The lowest BCUT2D eigenvalue weighted by Crippen LogP contribution is -2.61. The van der Waals surface area contributed by atoms with Gasteiger partial charge in [0.25, 0.3) is 6.71 Å². The molecule has 2 aliphatic rings. The topological polar surface area (TPSA) is 19.6 Å².